The molecule has 0 amide bonds. The highest BCUT2D eigenvalue weighted by Crippen LogP contribution is 2.16. The van der Waals surface area contributed by atoms with E-state index in [1.807, 2.05) is 55.6 Å². The van der Waals surface area contributed by atoms with Crippen LogP contribution in [0.3, 0.4) is 0 Å². The number of aryl methyl sites for hydroxylation is 2. The third-order valence-electron chi connectivity index (χ3n) is 4.11. The van der Waals surface area contributed by atoms with Crippen LogP contribution >= 0.6 is 22.7 Å². The normalized spacial score (nSPS) is 12.2. The summed E-state index contributed by atoms with van der Waals surface area (Å²) in [6.07, 6.45) is 2.20. The van der Waals surface area contributed by atoms with E-state index in [9.17, 15) is 9.59 Å². The lowest BCUT2D eigenvalue weighted by Gasteiger charge is -2.01. The zero-order chi connectivity index (χ0) is 18.3. The monoisotopic (exact) mass is 381 g/mol. The maximum absolute atomic E-state index is 12.7. The molecule has 0 fully saturated rings. The third kappa shape index (κ3) is 3.11. The quantitative estimate of drug-likeness (QED) is 0.546. The van der Waals surface area contributed by atoms with Crippen LogP contribution in [0.15, 0.2) is 45.3 Å². The first-order chi connectivity index (χ1) is 12.5. The molecule has 5 nitrogen and oxygen atoms in total. The van der Waals surface area contributed by atoms with Crippen LogP contribution < -0.4 is 15.7 Å². The van der Waals surface area contributed by atoms with Crippen molar-refractivity contribution < 1.29 is 0 Å². The lowest BCUT2D eigenvalue weighted by Crippen LogP contribution is -2.28. The first-order valence-corrected chi connectivity index (χ1v) is 9.75. The van der Waals surface area contributed by atoms with Crippen LogP contribution in [0.5, 0.6) is 0 Å². The number of hydrogen-bond acceptors (Lipinski definition) is 6. The smallest absolute Gasteiger partial charge is 0.266 e. The maximum Gasteiger partial charge on any atom is 0.296 e. The number of benzene rings is 1. The first kappa shape index (κ1) is 16.8. The first-order valence-electron chi connectivity index (χ1n) is 8.05. The number of rotatable bonds is 3. The Morgan fingerprint density at radius 3 is 2.58 bits per heavy atom. The van der Waals surface area contributed by atoms with Crippen molar-refractivity contribution in [3.63, 3.8) is 0 Å². The molecule has 3 heterocycles. The minimum Gasteiger partial charge on any atom is -0.266 e. The Morgan fingerprint density at radius 1 is 1.12 bits per heavy atom. The van der Waals surface area contributed by atoms with Gasteiger partial charge in [-0.3, -0.25) is 9.59 Å². The highest BCUT2D eigenvalue weighted by Gasteiger charge is 2.12. The number of nitrogens with zero attached hydrogens (tertiary/aromatic N) is 3. The molecule has 130 valence electrons. The van der Waals surface area contributed by atoms with Gasteiger partial charge in [-0.2, -0.15) is 14.6 Å². The molecule has 0 aliphatic carbocycles. The molecule has 4 aromatic rings. The Kier molecular flexibility index (Phi) is 4.26. The lowest BCUT2D eigenvalue weighted by atomic mass is 10.1. The molecule has 7 heteroatoms. The zero-order valence-corrected chi connectivity index (χ0v) is 15.9. The Morgan fingerprint density at radius 2 is 1.88 bits per heavy atom. The van der Waals surface area contributed by atoms with Gasteiger partial charge in [0.2, 0.25) is 4.96 Å². The van der Waals surface area contributed by atoms with Crippen LogP contribution in [-0.2, 0) is 6.42 Å². The zero-order valence-electron chi connectivity index (χ0n) is 14.2. The third-order valence-corrected chi connectivity index (χ3v) is 6.03. The summed E-state index contributed by atoms with van der Waals surface area (Å²) in [4.78, 5) is 30.4. The summed E-state index contributed by atoms with van der Waals surface area (Å²) in [5.41, 5.74) is 2.88. The molecule has 0 radical (unpaired) electrons. The van der Waals surface area contributed by atoms with Crippen molar-refractivity contribution in [2.45, 2.75) is 20.3 Å². The Labute approximate surface area is 156 Å². The van der Waals surface area contributed by atoms with Gasteiger partial charge in [-0.1, -0.05) is 41.2 Å². The van der Waals surface area contributed by atoms with Gasteiger partial charge in [-0.25, -0.2) is 0 Å². The van der Waals surface area contributed by atoms with Crippen LogP contribution in [0.25, 0.3) is 11.0 Å². The maximum atomic E-state index is 12.7. The number of fused-ring (bicyclic) bond motifs is 1. The molecule has 0 unspecified atom stereocenters. The van der Waals surface area contributed by atoms with E-state index in [1.165, 1.54) is 15.9 Å². The molecule has 0 saturated heterocycles. The van der Waals surface area contributed by atoms with E-state index in [4.69, 9.17) is 0 Å². The lowest BCUT2D eigenvalue weighted by molar-refractivity contribution is 0.811. The van der Waals surface area contributed by atoms with E-state index in [-0.39, 0.29) is 16.8 Å². The van der Waals surface area contributed by atoms with E-state index in [2.05, 4.69) is 10.1 Å². The summed E-state index contributed by atoms with van der Waals surface area (Å²) in [6, 6.07) is 9.89. The molecule has 0 bridgehead atoms. The van der Waals surface area contributed by atoms with Gasteiger partial charge < -0.3 is 0 Å². The van der Waals surface area contributed by atoms with Crippen LogP contribution in [-0.4, -0.2) is 14.6 Å². The van der Waals surface area contributed by atoms with E-state index in [0.717, 1.165) is 21.6 Å². The second-order valence-corrected chi connectivity index (χ2v) is 8.06. The summed E-state index contributed by atoms with van der Waals surface area (Å²) < 4.78 is 1.77. The molecule has 0 aliphatic rings. The summed E-state index contributed by atoms with van der Waals surface area (Å²) in [7, 11) is 0. The molecule has 0 spiro atoms. The molecular formula is C19H15N3O2S2. The van der Waals surface area contributed by atoms with Crippen LogP contribution in [0.1, 0.15) is 27.3 Å². The fraction of sp³-hybridized carbons (Fsp3) is 0.158. The highest BCUT2D eigenvalue weighted by atomic mass is 32.1. The molecule has 4 rings (SSSR count). The van der Waals surface area contributed by atoms with Gasteiger partial charge in [0.05, 0.1) is 4.53 Å². The van der Waals surface area contributed by atoms with Gasteiger partial charge in [-0.05, 0) is 42.5 Å². The molecular weight excluding hydrogens is 366 g/mol. The van der Waals surface area contributed by atoms with Gasteiger partial charge in [0.15, 0.2) is 0 Å². The van der Waals surface area contributed by atoms with Crippen molar-refractivity contribution in [3.8, 4) is 0 Å². The molecule has 0 aliphatic heterocycles. The van der Waals surface area contributed by atoms with Gasteiger partial charge in [0, 0.05) is 11.3 Å². The van der Waals surface area contributed by atoms with Crippen LogP contribution in [0.4, 0.5) is 0 Å². The molecule has 3 aromatic heterocycles. The minimum atomic E-state index is -0.384. The van der Waals surface area contributed by atoms with E-state index < -0.39 is 0 Å². The van der Waals surface area contributed by atoms with Crippen molar-refractivity contribution in [2.75, 3.05) is 0 Å². The van der Waals surface area contributed by atoms with Crippen LogP contribution in [0, 0.1) is 13.8 Å². The van der Waals surface area contributed by atoms with E-state index in [0.29, 0.717) is 15.9 Å². The SMILES string of the molecule is Cc1ccc(Cc2nn3c(=O)/c(=C\c4sccc4C)sc3nc2=O)cc1. The summed E-state index contributed by atoms with van der Waals surface area (Å²) in [6.45, 7) is 4.01. The van der Waals surface area contributed by atoms with Gasteiger partial charge in [0.1, 0.15) is 5.69 Å². The van der Waals surface area contributed by atoms with E-state index >= 15 is 0 Å². The average Bonchev–Trinajstić information content (AvgIpc) is 3.15. The van der Waals surface area contributed by atoms with Gasteiger partial charge >= 0.3 is 0 Å². The van der Waals surface area contributed by atoms with Crippen molar-refractivity contribution in [1.82, 2.24) is 14.6 Å². The van der Waals surface area contributed by atoms with Gasteiger partial charge in [-0.15, -0.1) is 11.3 Å². The Balaban J connectivity index is 1.82. The second kappa shape index (κ2) is 6.59. The predicted octanol–water partition coefficient (Wildman–Crippen LogP) is 2.33. The standard InChI is InChI=1S/C19H15N3O2S2/c1-11-3-5-13(6-4-11)9-14-17(23)20-19-22(21-14)18(24)16(26-19)10-15-12(2)7-8-25-15/h3-8,10H,9H2,1-2H3/b16-10+. The summed E-state index contributed by atoms with van der Waals surface area (Å²) >= 11 is 2.76. The largest absolute Gasteiger partial charge is 0.296 e. The second-order valence-electron chi connectivity index (χ2n) is 6.10. The number of thiophene rings is 1. The fourth-order valence-electron chi connectivity index (χ4n) is 2.60. The molecule has 26 heavy (non-hydrogen) atoms. The summed E-state index contributed by atoms with van der Waals surface area (Å²) in [5.74, 6) is 0. The molecule has 1 aromatic carbocycles. The molecule has 0 atom stereocenters. The van der Waals surface area contributed by atoms with Gasteiger partial charge in [0.25, 0.3) is 11.1 Å². The molecule has 0 saturated carbocycles. The average molecular weight is 381 g/mol. The predicted molar refractivity (Wildman–Crippen MR) is 105 cm³/mol. The number of hydrogen-bond donors (Lipinski definition) is 0. The fourth-order valence-corrected chi connectivity index (χ4v) is 4.42. The number of aromatic nitrogens is 3. The summed E-state index contributed by atoms with van der Waals surface area (Å²) in [5, 5.41) is 6.27. The Hall–Kier alpha value is -2.64. The number of thiazole rings is 1. The Bertz CT molecular complexity index is 1270. The van der Waals surface area contributed by atoms with Crippen LogP contribution in [0.2, 0.25) is 0 Å². The molecule has 0 N–H and O–H groups in total. The topological polar surface area (TPSA) is 64.3 Å². The minimum absolute atomic E-state index is 0.240. The van der Waals surface area contributed by atoms with Crippen molar-refractivity contribution >= 4 is 33.7 Å². The highest BCUT2D eigenvalue weighted by molar-refractivity contribution is 7.15. The van der Waals surface area contributed by atoms with Crippen molar-refractivity contribution in [3.05, 3.63) is 88.2 Å². The van der Waals surface area contributed by atoms with Crippen molar-refractivity contribution in [1.29, 1.82) is 0 Å². The van der Waals surface area contributed by atoms with Crippen molar-refractivity contribution in [2.24, 2.45) is 0 Å². The van der Waals surface area contributed by atoms with E-state index in [1.54, 1.807) is 11.3 Å².